The molecule has 0 atom stereocenters. The number of hydrogen-bond acceptors (Lipinski definition) is 7. The number of nitrogens with zero attached hydrogens (tertiary/aromatic N) is 4. The number of carbonyl (C=O) groups excluding carboxylic acids is 1. The highest BCUT2D eigenvalue weighted by Crippen LogP contribution is 2.27. The molecule has 0 radical (unpaired) electrons. The van der Waals surface area contributed by atoms with E-state index in [1.807, 2.05) is 36.4 Å². The molecular weight excluding hydrogens is 521 g/mol. The van der Waals surface area contributed by atoms with Crippen molar-refractivity contribution in [2.75, 3.05) is 5.32 Å². The van der Waals surface area contributed by atoms with E-state index in [1.54, 1.807) is 36.8 Å². The predicted molar refractivity (Wildman–Crippen MR) is 130 cm³/mol. The smallest absolute Gasteiger partial charge is 0.321 e. The molecule has 0 aliphatic carbocycles. The van der Waals surface area contributed by atoms with Gasteiger partial charge in [0.05, 0.1) is 0 Å². The lowest BCUT2D eigenvalue weighted by atomic mass is 10.2. The van der Waals surface area contributed by atoms with E-state index in [4.69, 9.17) is 10.5 Å². The van der Waals surface area contributed by atoms with Crippen LogP contribution in [0.1, 0.15) is 21.5 Å². The summed E-state index contributed by atoms with van der Waals surface area (Å²) in [5.74, 6) is 0.544. The van der Waals surface area contributed by atoms with Crippen LogP contribution in [-0.2, 0) is 4.43 Å². The Kier molecular flexibility index (Phi) is 6.70. The fourth-order valence-electron chi connectivity index (χ4n) is 2.82. The van der Waals surface area contributed by atoms with Gasteiger partial charge >= 0.3 is 6.01 Å². The second-order valence-electron chi connectivity index (χ2n) is 6.58. The number of aromatic nitrogens is 4. The Morgan fingerprint density at radius 3 is 2.66 bits per heavy atom. The molecule has 0 aliphatic heterocycles. The van der Waals surface area contributed by atoms with Gasteiger partial charge < -0.3 is 15.8 Å². The zero-order chi connectivity index (χ0) is 22.3. The zero-order valence-electron chi connectivity index (χ0n) is 16.7. The van der Waals surface area contributed by atoms with Gasteiger partial charge in [-0.3, -0.25) is 9.89 Å². The second kappa shape index (κ2) is 10.0. The number of carbonyl (C=O) groups is 1. The molecule has 0 aliphatic rings. The molecule has 0 spiro atoms. The third-order valence-electron chi connectivity index (χ3n) is 4.31. The summed E-state index contributed by atoms with van der Waals surface area (Å²) in [5, 5.41) is 10.1. The van der Waals surface area contributed by atoms with Crippen molar-refractivity contribution in [1.82, 2.24) is 20.2 Å². The van der Waals surface area contributed by atoms with E-state index in [2.05, 4.69) is 53.1 Å². The summed E-state index contributed by atoms with van der Waals surface area (Å²) in [6.45, 7) is 0. The minimum absolute atomic E-state index is 0.183. The topological polar surface area (TPSA) is 131 Å². The molecule has 4 aromatic rings. The van der Waals surface area contributed by atoms with Gasteiger partial charge in [-0.25, -0.2) is 15.0 Å². The van der Waals surface area contributed by atoms with E-state index in [1.165, 1.54) is 0 Å². The normalized spacial score (nSPS) is 10.9. The van der Waals surface area contributed by atoms with Crippen LogP contribution in [0.3, 0.4) is 0 Å². The highest BCUT2D eigenvalue weighted by molar-refractivity contribution is 14.1. The molecular formula is C22H18IN7O2. The van der Waals surface area contributed by atoms with Crippen LogP contribution in [-0.4, -0.2) is 32.3 Å². The van der Waals surface area contributed by atoms with Gasteiger partial charge in [0.2, 0.25) is 0 Å². The van der Waals surface area contributed by atoms with E-state index in [9.17, 15) is 4.79 Å². The highest BCUT2D eigenvalue weighted by Gasteiger charge is 2.18. The molecule has 2 heterocycles. The number of amides is 1. The number of alkyl halides is 1. The van der Waals surface area contributed by atoms with Crippen LogP contribution < -0.4 is 15.8 Å². The van der Waals surface area contributed by atoms with Crippen molar-refractivity contribution in [2.45, 2.75) is 4.43 Å². The number of H-pyrrole nitrogens is 1. The van der Waals surface area contributed by atoms with Crippen LogP contribution in [0.2, 0.25) is 0 Å². The lowest BCUT2D eigenvalue weighted by molar-refractivity contribution is 0.100. The molecule has 10 heteroatoms. The van der Waals surface area contributed by atoms with Crippen LogP contribution in [0.5, 0.6) is 11.8 Å². The van der Waals surface area contributed by atoms with Crippen molar-refractivity contribution in [3.05, 3.63) is 83.7 Å². The maximum atomic E-state index is 12.1. The van der Waals surface area contributed by atoms with Crippen LogP contribution >= 0.6 is 22.6 Å². The van der Waals surface area contributed by atoms with Gasteiger partial charge in [0.25, 0.3) is 5.91 Å². The summed E-state index contributed by atoms with van der Waals surface area (Å²) >= 11 is 2.29. The van der Waals surface area contributed by atoms with Crippen LogP contribution in [0.4, 0.5) is 17.3 Å². The summed E-state index contributed by atoms with van der Waals surface area (Å²) in [5.41, 5.74) is 8.52. The Bertz CT molecular complexity index is 1240. The van der Waals surface area contributed by atoms with Gasteiger partial charge in [-0.2, -0.15) is 5.10 Å². The SMILES string of the molecule is NC(=O)c1c(Nc2cccc(CI)c2)n[nH]c1/N=C/c1ccc(Oc2ncccn2)cc1. The minimum atomic E-state index is -0.634. The molecule has 4 rings (SSSR count). The number of nitrogens with one attached hydrogen (secondary N) is 2. The predicted octanol–water partition coefficient (Wildman–Crippen LogP) is 4.52. The molecule has 1 amide bonds. The minimum Gasteiger partial charge on any atom is -0.424 e. The number of nitrogens with two attached hydrogens (primary N) is 1. The number of aromatic amines is 1. The number of ether oxygens (including phenoxy) is 1. The monoisotopic (exact) mass is 539 g/mol. The molecule has 2 aromatic heterocycles. The Hall–Kier alpha value is -3.80. The van der Waals surface area contributed by atoms with Gasteiger partial charge in [0, 0.05) is 28.7 Å². The Morgan fingerprint density at radius 2 is 1.94 bits per heavy atom. The van der Waals surface area contributed by atoms with Gasteiger partial charge in [0.15, 0.2) is 11.6 Å². The molecule has 0 bridgehead atoms. The molecule has 160 valence electrons. The highest BCUT2D eigenvalue weighted by atomic mass is 127. The summed E-state index contributed by atoms with van der Waals surface area (Å²) in [7, 11) is 0. The number of primary amides is 1. The molecule has 4 N–H and O–H groups in total. The van der Waals surface area contributed by atoms with Crippen molar-refractivity contribution >= 4 is 52.0 Å². The fourth-order valence-corrected chi connectivity index (χ4v) is 3.30. The van der Waals surface area contributed by atoms with Crippen molar-refractivity contribution < 1.29 is 9.53 Å². The molecule has 2 aromatic carbocycles. The maximum Gasteiger partial charge on any atom is 0.321 e. The molecule has 32 heavy (non-hydrogen) atoms. The first kappa shape index (κ1) is 21.4. The van der Waals surface area contributed by atoms with Crippen molar-refractivity contribution in [3.8, 4) is 11.8 Å². The number of rotatable bonds is 8. The quantitative estimate of drug-likeness (QED) is 0.172. The van der Waals surface area contributed by atoms with E-state index >= 15 is 0 Å². The van der Waals surface area contributed by atoms with Crippen LogP contribution in [0.25, 0.3) is 0 Å². The molecule has 0 saturated heterocycles. The van der Waals surface area contributed by atoms with E-state index in [0.717, 1.165) is 21.2 Å². The second-order valence-corrected chi connectivity index (χ2v) is 7.34. The Labute approximate surface area is 197 Å². The fraction of sp³-hybridized carbons (Fsp3) is 0.0455. The number of anilines is 2. The van der Waals surface area contributed by atoms with Crippen molar-refractivity contribution in [2.24, 2.45) is 10.7 Å². The average Bonchev–Trinajstić information content (AvgIpc) is 3.22. The number of benzene rings is 2. The van der Waals surface area contributed by atoms with Gasteiger partial charge in [-0.15, -0.1) is 0 Å². The third kappa shape index (κ3) is 5.27. The first-order valence-electron chi connectivity index (χ1n) is 9.51. The summed E-state index contributed by atoms with van der Waals surface area (Å²) in [6, 6.07) is 17.0. The standard InChI is InChI=1S/C22H18IN7O2/c23-12-15-3-1-4-16(11-15)28-21-18(19(24)31)20(29-30-21)27-13-14-5-7-17(8-6-14)32-22-25-9-2-10-26-22/h1-11,13H,12H2,(H2,24,31)(H2,28,29,30)/b27-13+. The summed E-state index contributed by atoms with van der Waals surface area (Å²) in [6.07, 6.45) is 4.81. The van der Waals surface area contributed by atoms with Crippen LogP contribution in [0, 0.1) is 0 Å². The lowest BCUT2D eigenvalue weighted by Gasteiger charge is -2.06. The molecule has 9 nitrogen and oxygen atoms in total. The van der Waals surface area contributed by atoms with Crippen molar-refractivity contribution in [1.29, 1.82) is 0 Å². The average molecular weight is 539 g/mol. The van der Waals surface area contributed by atoms with E-state index in [-0.39, 0.29) is 17.4 Å². The van der Waals surface area contributed by atoms with Crippen LogP contribution in [0.15, 0.2) is 72.0 Å². The van der Waals surface area contributed by atoms with E-state index in [0.29, 0.717) is 11.6 Å². The number of halogens is 1. The first-order chi connectivity index (χ1) is 15.6. The lowest BCUT2D eigenvalue weighted by Crippen LogP contribution is -2.12. The van der Waals surface area contributed by atoms with Gasteiger partial charge in [-0.1, -0.05) is 34.7 Å². The van der Waals surface area contributed by atoms with Gasteiger partial charge in [-0.05, 0) is 53.6 Å². The largest absolute Gasteiger partial charge is 0.424 e. The molecule has 0 saturated carbocycles. The Balaban J connectivity index is 1.50. The molecule has 0 unspecified atom stereocenters. The first-order valence-corrected chi connectivity index (χ1v) is 11.0. The maximum absolute atomic E-state index is 12.1. The van der Waals surface area contributed by atoms with Crippen molar-refractivity contribution in [3.63, 3.8) is 0 Å². The number of aliphatic imine (C=N–C) groups is 1. The zero-order valence-corrected chi connectivity index (χ0v) is 18.9. The Morgan fingerprint density at radius 1 is 1.16 bits per heavy atom. The summed E-state index contributed by atoms with van der Waals surface area (Å²) < 4.78 is 6.44. The van der Waals surface area contributed by atoms with E-state index < -0.39 is 5.91 Å². The third-order valence-corrected chi connectivity index (χ3v) is 5.19. The van der Waals surface area contributed by atoms with Gasteiger partial charge in [0.1, 0.15) is 11.3 Å². The number of hydrogen-bond donors (Lipinski definition) is 3. The summed E-state index contributed by atoms with van der Waals surface area (Å²) in [4.78, 5) is 24.5. The molecule has 0 fully saturated rings.